The molecule has 0 radical (unpaired) electrons. The fourth-order valence-corrected chi connectivity index (χ4v) is 0.330. The highest BCUT2D eigenvalue weighted by Crippen LogP contribution is 1.73. The highest BCUT2D eigenvalue weighted by atomic mass is 14.9. The van der Waals surface area contributed by atoms with Crippen molar-refractivity contribution in [1.82, 2.24) is 5.32 Å². The van der Waals surface area contributed by atoms with Crippen LogP contribution in [-0.4, -0.2) is 12.8 Å². The van der Waals surface area contributed by atoms with Gasteiger partial charge < -0.3 is 5.32 Å². The van der Waals surface area contributed by atoms with Gasteiger partial charge in [-0.25, -0.2) is 0 Å². The minimum absolute atomic E-state index is 0.872. The summed E-state index contributed by atoms with van der Waals surface area (Å²) < 4.78 is 0. The SMILES string of the molecule is C1=CNCC=N1.CC. The maximum Gasteiger partial charge on any atom is 0.0498 e. The first kappa shape index (κ1) is 7.21. The van der Waals surface area contributed by atoms with Crippen LogP contribution in [0.1, 0.15) is 13.8 Å². The van der Waals surface area contributed by atoms with Crippen molar-refractivity contribution >= 4 is 6.21 Å². The lowest BCUT2D eigenvalue weighted by atomic mass is 10.6. The summed E-state index contributed by atoms with van der Waals surface area (Å²) in [5, 5.41) is 2.95. The lowest BCUT2D eigenvalue weighted by Gasteiger charge is -1.93. The van der Waals surface area contributed by atoms with Gasteiger partial charge in [0, 0.05) is 25.2 Å². The number of nitrogens with one attached hydrogen (secondary N) is 1. The molecule has 0 amide bonds. The van der Waals surface area contributed by atoms with E-state index >= 15 is 0 Å². The molecule has 8 heavy (non-hydrogen) atoms. The third-order valence-corrected chi connectivity index (χ3v) is 0.593. The van der Waals surface area contributed by atoms with Gasteiger partial charge in [-0.1, -0.05) is 13.8 Å². The van der Waals surface area contributed by atoms with Crippen LogP contribution < -0.4 is 5.32 Å². The van der Waals surface area contributed by atoms with Crippen molar-refractivity contribution in [2.45, 2.75) is 13.8 Å². The zero-order valence-corrected chi connectivity index (χ0v) is 5.39. The van der Waals surface area contributed by atoms with Crippen molar-refractivity contribution in [3.8, 4) is 0 Å². The molecular weight excluding hydrogens is 100 g/mol. The fourth-order valence-electron chi connectivity index (χ4n) is 0.330. The van der Waals surface area contributed by atoms with Crippen LogP contribution in [0.5, 0.6) is 0 Å². The third kappa shape index (κ3) is 3.40. The molecule has 0 aromatic rings. The van der Waals surface area contributed by atoms with E-state index in [1.165, 1.54) is 0 Å². The molecule has 0 aliphatic carbocycles. The van der Waals surface area contributed by atoms with Crippen molar-refractivity contribution in [1.29, 1.82) is 0 Å². The van der Waals surface area contributed by atoms with E-state index in [0.29, 0.717) is 0 Å². The lowest BCUT2D eigenvalue weighted by Crippen LogP contribution is -2.09. The number of hydrogen-bond acceptors (Lipinski definition) is 2. The second-order valence-electron chi connectivity index (χ2n) is 1.06. The molecular formula is C6H12N2. The summed E-state index contributed by atoms with van der Waals surface area (Å²) in [6.45, 7) is 4.87. The summed E-state index contributed by atoms with van der Waals surface area (Å²) >= 11 is 0. The van der Waals surface area contributed by atoms with Crippen molar-refractivity contribution in [2.24, 2.45) is 4.99 Å². The highest BCUT2D eigenvalue weighted by molar-refractivity contribution is 5.61. The molecule has 1 heterocycles. The smallest absolute Gasteiger partial charge is 0.0498 e. The maximum atomic E-state index is 3.81. The molecule has 0 aromatic heterocycles. The molecule has 46 valence electrons. The molecule has 1 N–H and O–H groups in total. The van der Waals surface area contributed by atoms with Gasteiger partial charge in [0.1, 0.15) is 0 Å². The zero-order valence-electron chi connectivity index (χ0n) is 5.39. The Balaban J connectivity index is 0.000000222. The van der Waals surface area contributed by atoms with E-state index in [9.17, 15) is 0 Å². The van der Waals surface area contributed by atoms with Crippen LogP contribution in [0, 0.1) is 0 Å². The topological polar surface area (TPSA) is 24.4 Å². The summed E-state index contributed by atoms with van der Waals surface area (Å²) in [7, 11) is 0. The molecule has 0 spiro atoms. The Bertz CT molecular complexity index is 72.5. The van der Waals surface area contributed by atoms with Gasteiger partial charge in [0.05, 0.1) is 0 Å². The molecule has 0 unspecified atom stereocenters. The quantitative estimate of drug-likeness (QED) is 0.499. The van der Waals surface area contributed by atoms with E-state index in [-0.39, 0.29) is 0 Å². The van der Waals surface area contributed by atoms with Crippen molar-refractivity contribution < 1.29 is 0 Å². The average molecular weight is 112 g/mol. The van der Waals surface area contributed by atoms with Crippen molar-refractivity contribution in [3.63, 3.8) is 0 Å². The molecule has 0 aromatic carbocycles. The van der Waals surface area contributed by atoms with Gasteiger partial charge in [0.2, 0.25) is 0 Å². The van der Waals surface area contributed by atoms with Crippen LogP contribution in [0.4, 0.5) is 0 Å². The monoisotopic (exact) mass is 112 g/mol. The Morgan fingerprint density at radius 3 is 2.38 bits per heavy atom. The minimum Gasteiger partial charge on any atom is -0.385 e. The Morgan fingerprint density at radius 2 is 2.25 bits per heavy atom. The molecule has 1 aliphatic heterocycles. The van der Waals surface area contributed by atoms with Gasteiger partial charge in [0.25, 0.3) is 0 Å². The van der Waals surface area contributed by atoms with Gasteiger partial charge in [-0.3, -0.25) is 4.99 Å². The lowest BCUT2D eigenvalue weighted by molar-refractivity contribution is 1.01. The zero-order chi connectivity index (χ0) is 6.24. The van der Waals surface area contributed by atoms with Crippen LogP contribution in [-0.2, 0) is 0 Å². The Kier molecular flexibility index (Phi) is 5.60. The van der Waals surface area contributed by atoms with Crippen LogP contribution in [0.25, 0.3) is 0 Å². The first-order valence-electron chi connectivity index (χ1n) is 2.90. The summed E-state index contributed by atoms with van der Waals surface area (Å²) in [5.74, 6) is 0. The molecule has 0 saturated carbocycles. The van der Waals surface area contributed by atoms with Gasteiger partial charge >= 0.3 is 0 Å². The van der Waals surface area contributed by atoms with E-state index < -0.39 is 0 Å². The van der Waals surface area contributed by atoms with E-state index in [2.05, 4.69) is 10.3 Å². The highest BCUT2D eigenvalue weighted by Gasteiger charge is 1.74. The molecule has 0 atom stereocenters. The third-order valence-electron chi connectivity index (χ3n) is 0.593. The van der Waals surface area contributed by atoms with E-state index in [4.69, 9.17) is 0 Å². The van der Waals surface area contributed by atoms with E-state index in [1.54, 1.807) is 6.20 Å². The number of nitrogens with zero attached hydrogens (tertiary/aromatic N) is 1. The molecule has 0 bridgehead atoms. The molecule has 0 fully saturated rings. The van der Waals surface area contributed by atoms with E-state index in [1.807, 2.05) is 26.3 Å². The predicted octanol–water partition coefficient (Wildman–Crippen LogP) is 1.16. The van der Waals surface area contributed by atoms with Crippen molar-refractivity contribution in [2.75, 3.05) is 6.54 Å². The van der Waals surface area contributed by atoms with Crippen LogP contribution in [0.2, 0.25) is 0 Å². The summed E-state index contributed by atoms with van der Waals surface area (Å²) in [4.78, 5) is 3.81. The minimum atomic E-state index is 0.872. The summed E-state index contributed by atoms with van der Waals surface area (Å²) in [6, 6.07) is 0. The van der Waals surface area contributed by atoms with Crippen LogP contribution in [0.15, 0.2) is 17.4 Å². The first-order chi connectivity index (χ1) is 4.00. The molecule has 1 aliphatic rings. The van der Waals surface area contributed by atoms with Gasteiger partial charge in [-0.2, -0.15) is 0 Å². The molecule has 1 rings (SSSR count). The largest absolute Gasteiger partial charge is 0.385 e. The predicted molar refractivity (Wildman–Crippen MR) is 37.0 cm³/mol. The molecule has 2 heteroatoms. The van der Waals surface area contributed by atoms with Crippen molar-refractivity contribution in [3.05, 3.63) is 12.4 Å². The van der Waals surface area contributed by atoms with Gasteiger partial charge in [-0.05, 0) is 0 Å². The van der Waals surface area contributed by atoms with E-state index in [0.717, 1.165) is 6.54 Å². The Labute approximate surface area is 50.3 Å². The number of rotatable bonds is 0. The Morgan fingerprint density at radius 1 is 1.50 bits per heavy atom. The number of aliphatic imine (C=N–C) groups is 1. The normalized spacial score (nSPS) is 13.8. The van der Waals surface area contributed by atoms with Gasteiger partial charge in [0.15, 0.2) is 0 Å². The van der Waals surface area contributed by atoms with Crippen LogP contribution in [0.3, 0.4) is 0 Å². The second-order valence-corrected chi connectivity index (χ2v) is 1.06. The average Bonchev–Trinajstić information content (AvgIpc) is 1.96. The number of hydrogen-bond donors (Lipinski definition) is 1. The van der Waals surface area contributed by atoms with Gasteiger partial charge in [-0.15, -0.1) is 0 Å². The fraction of sp³-hybridized carbons (Fsp3) is 0.500. The Hall–Kier alpha value is -0.790. The van der Waals surface area contributed by atoms with Crippen LogP contribution >= 0.6 is 0 Å². The standard InChI is InChI=1S/C4H6N2.C2H6/c1-2-6-4-3-5-1;1-2/h1-3,6H,4H2;1-2H3. The maximum absolute atomic E-state index is 3.81. The molecule has 2 nitrogen and oxygen atoms in total. The molecule has 0 saturated heterocycles. The second kappa shape index (κ2) is 6.21. The summed E-state index contributed by atoms with van der Waals surface area (Å²) in [5.41, 5.74) is 0. The summed E-state index contributed by atoms with van der Waals surface area (Å²) in [6.07, 6.45) is 5.36. The first-order valence-corrected chi connectivity index (χ1v) is 2.90.